The number of alkyl halides is 3. The van der Waals surface area contributed by atoms with Crippen molar-refractivity contribution in [2.75, 3.05) is 7.05 Å². The van der Waals surface area contributed by atoms with Gasteiger partial charge in [-0.05, 0) is 19.9 Å². The number of aromatic nitrogens is 1. The summed E-state index contributed by atoms with van der Waals surface area (Å²) in [4.78, 5) is 3.97. The highest BCUT2D eigenvalue weighted by molar-refractivity contribution is 7.11. The fraction of sp³-hybridized carbons (Fsp3) is 0.700. The first-order valence-corrected chi connectivity index (χ1v) is 6.01. The van der Waals surface area contributed by atoms with Crippen molar-refractivity contribution in [1.29, 1.82) is 0 Å². The van der Waals surface area contributed by atoms with E-state index in [1.54, 1.807) is 7.05 Å². The second-order valence-corrected chi connectivity index (χ2v) is 4.68. The molecule has 1 aromatic rings. The Morgan fingerprint density at radius 1 is 1.38 bits per heavy atom. The first-order valence-electron chi connectivity index (χ1n) is 5.19. The second kappa shape index (κ2) is 5.63. The number of nitrogens with zero attached hydrogens (tertiary/aromatic N) is 1. The number of thiazole rings is 1. The Balaban J connectivity index is 2.91. The van der Waals surface area contributed by atoms with Crippen molar-refractivity contribution in [3.05, 3.63) is 15.6 Å². The zero-order valence-electron chi connectivity index (χ0n) is 9.32. The molecule has 16 heavy (non-hydrogen) atoms. The molecule has 1 N–H and O–H groups in total. The lowest BCUT2D eigenvalue weighted by Crippen LogP contribution is -2.12. The molecule has 92 valence electrons. The maximum Gasteiger partial charge on any atom is 0.434 e. The van der Waals surface area contributed by atoms with Gasteiger partial charge in [-0.25, -0.2) is 4.98 Å². The average Bonchev–Trinajstić information content (AvgIpc) is 2.58. The van der Waals surface area contributed by atoms with Crippen molar-refractivity contribution in [2.45, 2.75) is 38.9 Å². The van der Waals surface area contributed by atoms with Gasteiger partial charge in [-0.2, -0.15) is 13.2 Å². The van der Waals surface area contributed by atoms with Gasteiger partial charge in [0.25, 0.3) is 0 Å². The van der Waals surface area contributed by atoms with E-state index in [4.69, 9.17) is 0 Å². The van der Waals surface area contributed by atoms with E-state index in [0.717, 1.165) is 24.2 Å². The van der Waals surface area contributed by atoms with E-state index < -0.39 is 11.9 Å². The van der Waals surface area contributed by atoms with Crippen LogP contribution in [-0.4, -0.2) is 12.0 Å². The average molecular weight is 252 g/mol. The summed E-state index contributed by atoms with van der Waals surface area (Å²) in [5.41, 5.74) is -0.724. The summed E-state index contributed by atoms with van der Waals surface area (Å²) in [6.45, 7) is 2.23. The minimum Gasteiger partial charge on any atom is -0.315 e. The largest absolute Gasteiger partial charge is 0.434 e. The van der Waals surface area contributed by atoms with E-state index in [0.29, 0.717) is 11.4 Å². The quantitative estimate of drug-likeness (QED) is 0.870. The van der Waals surface area contributed by atoms with E-state index in [-0.39, 0.29) is 11.4 Å². The van der Waals surface area contributed by atoms with Crippen LogP contribution in [0.5, 0.6) is 0 Å². The van der Waals surface area contributed by atoms with E-state index >= 15 is 0 Å². The third kappa shape index (κ3) is 3.45. The summed E-state index contributed by atoms with van der Waals surface area (Å²) in [5, 5.41) is 3.32. The minimum atomic E-state index is -4.34. The van der Waals surface area contributed by atoms with Crippen molar-refractivity contribution in [2.24, 2.45) is 0 Å². The van der Waals surface area contributed by atoms with Crippen LogP contribution in [0.3, 0.4) is 0 Å². The number of rotatable bonds is 5. The van der Waals surface area contributed by atoms with Gasteiger partial charge in [0, 0.05) is 6.54 Å². The molecule has 2 nitrogen and oxygen atoms in total. The normalized spacial score (nSPS) is 12.1. The van der Waals surface area contributed by atoms with Crippen LogP contribution in [0.2, 0.25) is 0 Å². The molecule has 0 aromatic carbocycles. The standard InChI is InChI=1S/C10H15F3N2S/c1-3-4-5-8-15-9(10(11,12)13)7(16-8)6-14-2/h14H,3-6H2,1-2H3. The first-order chi connectivity index (χ1) is 7.49. The molecule has 0 saturated carbocycles. The molecule has 1 heterocycles. The van der Waals surface area contributed by atoms with Crippen LogP contribution in [0, 0.1) is 0 Å². The predicted molar refractivity (Wildman–Crippen MR) is 58.5 cm³/mol. The summed E-state index contributed by atoms with van der Waals surface area (Å²) in [6.07, 6.45) is -1.87. The summed E-state index contributed by atoms with van der Waals surface area (Å²) in [5.74, 6) is 0. The maximum atomic E-state index is 12.6. The van der Waals surface area contributed by atoms with Gasteiger partial charge in [0.2, 0.25) is 0 Å². The van der Waals surface area contributed by atoms with Gasteiger partial charge < -0.3 is 5.32 Å². The Labute approximate surface area is 96.9 Å². The van der Waals surface area contributed by atoms with Crippen LogP contribution in [0.25, 0.3) is 0 Å². The number of hydrogen-bond donors (Lipinski definition) is 1. The highest BCUT2D eigenvalue weighted by Gasteiger charge is 2.36. The van der Waals surface area contributed by atoms with E-state index in [1.165, 1.54) is 0 Å². The van der Waals surface area contributed by atoms with Gasteiger partial charge in [-0.3, -0.25) is 0 Å². The van der Waals surface area contributed by atoms with Crippen LogP contribution < -0.4 is 5.32 Å². The van der Waals surface area contributed by atoms with Gasteiger partial charge in [-0.15, -0.1) is 11.3 Å². The SMILES string of the molecule is CCCCc1nc(C(F)(F)F)c(CNC)s1. The molecule has 0 saturated heterocycles. The van der Waals surface area contributed by atoms with Gasteiger partial charge in [-0.1, -0.05) is 13.3 Å². The first kappa shape index (κ1) is 13.4. The van der Waals surface area contributed by atoms with Crippen molar-refractivity contribution < 1.29 is 13.2 Å². The Kier molecular flexibility index (Phi) is 4.73. The smallest absolute Gasteiger partial charge is 0.315 e. The molecule has 0 spiro atoms. The van der Waals surface area contributed by atoms with E-state index in [1.807, 2.05) is 6.92 Å². The number of aryl methyl sites for hydroxylation is 1. The molecule has 1 rings (SSSR count). The monoisotopic (exact) mass is 252 g/mol. The minimum absolute atomic E-state index is 0.221. The van der Waals surface area contributed by atoms with Gasteiger partial charge >= 0.3 is 6.18 Å². The summed E-state index contributed by atoms with van der Waals surface area (Å²) < 4.78 is 37.9. The molecular weight excluding hydrogens is 237 g/mol. The van der Waals surface area contributed by atoms with Gasteiger partial charge in [0.1, 0.15) is 0 Å². The lowest BCUT2D eigenvalue weighted by molar-refractivity contribution is -0.141. The van der Waals surface area contributed by atoms with Crippen LogP contribution in [0.1, 0.15) is 35.3 Å². The Morgan fingerprint density at radius 2 is 2.06 bits per heavy atom. The molecule has 6 heteroatoms. The van der Waals surface area contributed by atoms with Crippen LogP contribution >= 0.6 is 11.3 Å². The van der Waals surface area contributed by atoms with Crippen molar-refractivity contribution in [3.8, 4) is 0 Å². The summed E-state index contributed by atoms with van der Waals surface area (Å²) >= 11 is 1.16. The Hall–Kier alpha value is -0.620. The van der Waals surface area contributed by atoms with Crippen LogP contribution in [0.4, 0.5) is 13.2 Å². The number of nitrogens with one attached hydrogen (secondary N) is 1. The topological polar surface area (TPSA) is 24.9 Å². The fourth-order valence-electron chi connectivity index (χ4n) is 1.34. The molecule has 0 radical (unpaired) electrons. The van der Waals surface area contributed by atoms with Crippen LogP contribution in [-0.2, 0) is 19.1 Å². The number of hydrogen-bond acceptors (Lipinski definition) is 3. The van der Waals surface area contributed by atoms with Crippen molar-refractivity contribution in [1.82, 2.24) is 10.3 Å². The molecule has 0 unspecified atom stereocenters. The zero-order chi connectivity index (χ0) is 12.2. The number of halogens is 3. The third-order valence-corrected chi connectivity index (χ3v) is 3.21. The lowest BCUT2D eigenvalue weighted by Gasteiger charge is -2.04. The second-order valence-electron chi connectivity index (χ2n) is 3.51. The van der Waals surface area contributed by atoms with Crippen molar-refractivity contribution in [3.63, 3.8) is 0 Å². The molecule has 0 fully saturated rings. The molecule has 0 aliphatic carbocycles. The molecule has 0 bridgehead atoms. The molecule has 0 aliphatic heterocycles. The van der Waals surface area contributed by atoms with Gasteiger partial charge in [0.05, 0.1) is 9.88 Å². The predicted octanol–water partition coefficient (Wildman–Crippen LogP) is 3.22. The number of unbranched alkanes of at least 4 members (excludes halogenated alkanes) is 1. The fourth-order valence-corrected chi connectivity index (χ4v) is 2.48. The maximum absolute atomic E-state index is 12.6. The summed E-state index contributed by atoms with van der Waals surface area (Å²) in [6, 6.07) is 0. The third-order valence-electron chi connectivity index (χ3n) is 2.09. The molecule has 0 atom stereocenters. The molecule has 0 aliphatic rings. The molecular formula is C10H15F3N2S. The Morgan fingerprint density at radius 3 is 2.56 bits per heavy atom. The molecule has 0 amide bonds. The lowest BCUT2D eigenvalue weighted by atomic mass is 10.2. The summed E-state index contributed by atoms with van der Waals surface area (Å²) in [7, 11) is 1.63. The highest BCUT2D eigenvalue weighted by atomic mass is 32.1. The molecule has 1 aromatic heterocycles. The van der Waals surface area contributed by atoms with E-state index in [9.17, 15) is 13.2 Å². The highest BCUT2D eigenvalue weighted by Crippen LogP contribution is 2.34. The van der Waals surface area contributed by atoms with E-state index in [2.05, 4.69) is 10.3 Å². The van der Waals surface area contributed by atoms with Gasteiger partial charge in [0.15, 0.2) is 5.69 Å². The van der Waals surface area contributed by atoms with Crippen molar-refractivity contribution >= 4 is 11.3 Å². The van der Waals surface area contributed by atoms with Crippen LogP contribution in [0.15, 0.2) is 0 Å². The Bertz CT molecular complexity index is 333. The zero-order valence-corrected chi connectivity index (χ0v) is 10.1.